The fourth-order valence-electron chi connectivity index (χ4n) is 1.12. The Hall–Kier alpha value is -0.780. The van der Waals surface area contributed by atoms with Gasteiger partial charge in [-0.1, -0.05) is 17.7 Å². The van der Waals surface area contributed by atoms with E-state index in [0.717, 1.165) is 6.07 Å². The lowest BCUT2D eigenvalue weighted by Crippen LogP contribution is -2.08. The standard InChI is InChI=1S/C9H9ClF3NO/c10-8-2-1-6(3-4-15-14)5-7(8)9(11,12)13/h1-2,5H,3-4,14H2. The van der Waals surface area contributed by atoms with Crippen LogP contribution in [0.5, 0.6) is 0 Å². The third-order valence-electron chi connectivity index (χ3n) is 1.84. The molecule has 0 bridgehead atoms. The van der Waals surface area contributed by atoms with Gasteiger partial charge in [0.2, 0.25) is 0 Å². The maximum Gasteiger partial charge on any atom is 0.417 e. The van der Waals surface area contributed by atoms with Gasteiger partial charge in [0.05, 0.1) is 17.2 Å². The number of alkyl halides is 3. The van der Waals surface area contributed by atoms with Crippen LogP contribution >= 0.6 is 11.6 Å². The van der Waals surface area contributed by atoms with Gasteiger partial charge in [0.1, 0.15) is 0 Å². The Morgan fingerprint density at radius 2 is 2.00 bits per heavy atom. The van der Waals surface area contributed by atoms with Crippen molar-refractivity contribution < 1.29 is 18.0 Å². The van der Waals surface area contributed by atoms with E-state index < -0.39 is 11.7 Å². The molecule has 1 aromatic carbocycles. The lowest BCUT2D eigenvalue weighted by molar-refractivity contribution is -0.137. The average Bonchev–Trinajstić information content (AvgIpc) is 2.15. The molecule has 15 heavy (non-hydrogen) atoms. The van der Waals surface area contributed by atoms with Crippen molar-refractivity contribution in [1.82, 2.24) is 0 Å². The third kappa shape index (κ3) is 3.37. The highest BCUT2D eigenvalue weighted by atomic mass is 35.5. The molecule has 0 aliphatic heterocycles. The highest BCUT2D eigenvalue weighted by Gasteiger charge is 2.33. The van der Waals surface area contributed by atoms with Gasteiger partial charge in [0, 0.05) is 0 Å². The number of rotatable bonds is 3. The Morgan fingerprint density at radius 3 is 2.53 bits per heavy atom. The maximum atomic E-state index is 12.4. The first-order valence-electron chi connectivity index (χ1n) is 4.12. The summed E-state index contributed by atoms with van der Waals surface area (Å²) in [5.41, 5.74) is -0.351. The van der Waals surface area contributed by atoms with E-state index in [1.807, 2.05) is 0 Å². The van der Waals surface area contributed by atoms with E-state index in [2.05, 4.69) is 4.84 Å². The summed E-state index contributed by atoms with van der Waals surface area (Å²) >= 11 is 5.44. The van der Waals surface area contributed by atoms with Gasteiger partial charge in [-0.3, -0.25) is 0 Å². The Morgan fingerprint density at radius 1 is 1.33 bits per heavy atom. The Labute approximate surface area is 89.7 Å². The SMILES string of the molecule is NOCCc1ccc(Cl)c(C(F)(F)F)c1. The number of nitrogens with two attached hydrogens (primary N) is 1. The molecule has 0 unspecified atom stereocenters. The van der Waals surface area contributed by atoms with Gasteiger partial charge in [-0.05, 0) is 24.1 Å². The third-order valence-corrected chi connectivity index (χ3v) is 2.17. The minimum atomic E-state index is -4.43. The number of hydrogen-bond donors (Lipinski definition) is 1. The summed E-state index contributed by atoms with van der Waals surface area (Å²) in [6.45, 7) is 0.166. The smallest absolute Gasteiger partial charge is 0.304 e. The molecule has 6 heteroatoms. The van der Waals surface area contributed by atoms with Crippen LogP contribution in [0.2, 0.25) is 5.02 Å². The van der Waals surface area contributed by atoms with Crippen LogP contribution in [0.1, 0.15) is 11.1 Å². The van der Waals surface area contributed by atoms with Crippen LogP contribution in [0, 0.1) is 0 Å². The van der Waals surface area contributed by atoms with Crippen LogP contribution in [0.4, 0.5) is 13.2 Å². The number of benzene rings is 1. The lowest BCUT2D eigenvalue weighted by Gasteiger charge is -2.10. The van der Waals surface area contributed by atoms with Crippen molar-refractivity contribution in [3.8, 4) is 0 Å². The summed E-state index contributed by atoms with van der Waals surface area (Å²) in [7, 11) is 0. The Balaban J connectivity index is 2.95. The number of hydrogen-bond acceptors (Lipinski definition) is 2. The molecule has 0 aromatic heterocycles. The molecule has 0 aliphatic rings. The molecule has 2 N–H and O–H groups in total. The molecule has 0 atom stereocenters. The topological polar surface area (TPSA) is 35.2 Å². The van der Waals surface area contributed by atoms with Crippen molar-refractivity contribution >= 4 is 11.6 Å². The molecule has 1 rings (SSSR count). The normalized spacial score (nSPS) is 11.8. The lowest BCUT2D eigenvalue weighted by atomic mass is 10.1. The maximum absolute atomic E-state index is 12.4. The molecule has 0 radical (unpaired) electrons. The molecular weight excluding hydrogens is 231 g/mol. The molecule has 0 amide bonds. The molecule has 1 aromatic rings. The van der Waals surface area contributed by atoms with Crippen molar-refractivity contribution in [1.29, 1.82) is 0 Å². The highest BCUT2D eigenvalue weighted by molar-refractivity contribution is 6.31. The second-order valence-corrected chi connectivity index (χ2v) is 3.34. The minimum Gasteiger partial charge on any atom is -0.304 e. The van der Waals surface area contributed by atoms with E-state index in [1.54, 1.807) is 0 Å². The zero-order valence-electron chi connectivity index (χ0n) is 7.64. The molecule has 0 heterocycles. The van der Waals surface area contributed by atoms with Crippen LogP contribution in [0.15, 0.2) is 18.2 Å². The van der Waals surface area contributed by atoms with Crippen molar-refractivity contribution in [2.75, 3.05) is 6.61 Å². The molecule has 0 fully saturated rings. The predicted octanol–water partition coefficient (Wildman–Crippen LogP) is 2.79. The van der Waals surface area contributed by atoms with Gasteiger partial charge in [-0.2, -0.15) is 13.2 Å². The van der Waals surface area contributed by atoms with Crippen molar-refractivity contribution in [2.24, 2.45) is 5.90 Å². The fourth-order valence-corrected chi connectivity index (χ4v) is 1.35. The van der Waals surface area contributed by atoms with Crippen LogP contribution in [-0.2, 0) is 17.4 Å². The summed E-state index contributed by atoms with van der Waals surface area (Å²) in [5.74, 6) is 4.78. The first-order chi connectivity index (χ1) is 6.95. The monoisotopic (exact) mass is 239 g/mol. The van der Waals surface area contributed by atoms with E-state index in [9.17, 15) is 13.2 Å². The van der Waals surface area contributed by atoms with E-state index in [4.69, 9.17) is 17.5 Å². The summed E-state index contributed by atoms with van der Waals surface area (Å²) in [6, 6.07) is 3.73. The zero-order chi connectivity index (χ0) is 11.5. The van der Waals surface area contributed by atoms with Gasteiger partial charge in [0.15, 0.2) is 0 Å². The van der Waals surface area contributed by atoms with Crippen LogP contribution in [0.3, 0.4) is 0 Å². The largest absolute Gasteiger partial charge is 0.417 e. The molecule has 0 saturated heterocycles. The molecule has 0 spiro atoms. The van der Waals surface area contributed by atoms with Crippen molar-refractivity contribution in [3.05, 3.63) is 34.3 Å². The van der Waals surface area contributed by atoms with Crippen molar-refractivity contribution in [2.45, 2.75) is 12.6 Å². The summed E-state index contributed by atoms with van der Waals surface area (Å²) in [6.07, 6.45) is -4.12. The molecule has 0 aliphatic carbocycles. The highest BCUT2D eigenvalue weighted by Crippen LogP contribution is 2.35. The Bertz CT molecular complexity index is 341. The average molecular weight is 240 g/mol. The first kappa shape index (κ1) is 12.3. The van der Waals surface area contributed by atoms with Crippen molar-refractivity contribution in [3.63, 3.8) is 0 Å². The molecule has 2 nitrogen and oxygen atoms in total. The fraction of sp³-hybridized carbons (Fsp3) is 0.333. The van der Waals surface area contributed by atoms with E-state index >= 15 is 0 Å². The quantitative estimate of drug-likeness (QED) is 0.824. The van der Waals surface area contributed by atoms with Crippen LogP contribution in [0.25, 0.3) is 0 Å². The summed E-state index contributed by atoms with van der Waals surface area (Å²) in [4.78, 5) is 4.29. The Kier molecular flexibility index (Phi) is 3.96. The van der Waals surface area contributed by atoms with Gasteiger partial charge in [-0.15, -0.1) is 0 Å². The predicted molar refractivity (Wildman–Crippen MR) is 50.3 cm³/mol. The zero-order valence-corrected chi connectivity index (χ0v) is 8.40. The minimum absolute atomic E-state index is 0.166. The first-order valence-corrected chi connectivity index (χ1v) is 4.50. The van der Waals surface area contributed by atoms with Gasteiger partial charge < -0.3 is 4.84 Å². The van der Waals surface area contributed by atoms with Gasteiger partial charge in [0.25, 0.3) is 0 Å². The summed E-state index contributed by atoms with van der Waals surface area (Å²) in [5, 5.41) is -0.306. The van der Waals surface area contributed by atoms with Gasteiger partial charge >= 0.3 is 6.18 Å². The van der Waals surface area contributed by atoms with E-state index in [1.165, 1.54) is 12.1 Å². The molecular formula is C9H9ClF3NO. The second-order valence-electron chi connectivity index (χ2n) is 2.93. The molecule has 0 saturated carbocycles. The van der Waals surface area contributed by atoms with Crippen LogP contribution in [-0.4, -0.2) is 6.61 Å². The van der Waals surface area contributed by atoms with E-state index in [-0.39, 0.29) is 11.6 Å². The van der Waals surface area contributed by atoms with Crippen LogP contribution < -0.4 is 5.90 Å². The molecule has 84 valence electrons. The second kappa shape index (κ2) is 4.83. The number of halogens is 4. The summed E-state index contributed by atoms with van der Waals surface area (Å²) < 4.78 is 37.2. The van der Waals surface area contributed by atoms with E-state index in [0.29, 0.717) is 12.0 Å². The van der Waals surface area contributed by atoms with Gasteiger partial charge in [-0.25, -0.2) is 5.90 Å².